The fourth-order valence-electron chi connectivity index (χ4n) is 1.47. The maximum atomic E-state index is 13.3. The van der Waals surface area contributed by atoms with Crippen molar-refractivity contribution in [3.05, 3.63) is 51.5 Å². The van der Waals surface area contributed by atoms with Crippen LogP contribution in [0.2, 0.25) is 0 Å². The zero-order valence-electron chi connectivity index (χ0n) is 9.41. The molecular formula is C12H8F3NO2S. The molecule has 100 valence electrons. The predicted molar refractivity (Wildman–Crippen MR) is 64.9 cm³/mol. The maximum Gasteiger partial charge on any atom is 0.336 e. The summed E-state index contributed by atoms with van der Waals surface area (Å²) < 4.78 is 39.3. The molecule has 19 heavy (non-hydrogen) atoms. The van der Waals surface area contributed by atoms with Gasteiger partial charge in [0.1, 0.15) is 11.5 Å². The monoisotopic (exact) mass is 287 g/mol. The fraction of sp³-hybridized carbons (Fsp3) is 0.0833. The molecule has 0 amide bonds. The van der Waals surface area contributed by atoms with E-state index >= 15 is 0 Å². The van der Waals surface area contributed by atoms with Gasteiger partial charge in [0.2, 0.25) is 0 Å². The van der Waals surface area contributed by atoms with Crippen molar-refractivity contribution in [2.45, 2.75) is 6.54 Å². The number of carboxylic acids is 1. The second kappa shape index (κ2) is 5.31. The predicted octanol–water partition coefficient (Wildman–Crippen LogP) is 3.48. The van der Waals surface area contributed by atoms with Gasteiger partial charge in [-0.05, 0) is 6.07 Å². The lowest BCUT2D eigenvalue weighted by molar-refractivity contribution is 0.0697. The Morgan fingerprint density at radius 2 is 1.84 bits per heavy atom. The van der Waals surface area contributed by atoms with Crippen LogP contribution in [0.1, 0.15) is 15.2 Å². The maximum absolute atomic E-state index is 13.3. The minimum absolute atomic E-state index is 0.0530. The van der Waals surface area contributed by atoms with Gasteiger partial charge in [-0.1, -0.05) is 0 Å². The molecule has 0 unspecified atom stereocenters. The number of hydrogen-bond acceptors (Lipinski definition) is 3. The largest absolute Gasteiger partial charge is 0.478 e. The molecule has 0 aliphatic carbocycles. The van der Waals surface area contributed by atoms with Gasteiger partial charge >= 0.3 is 5.97 Å². The Bertz CT molecular complexity index is 604. The van der Waals surface area contributed by atoms with Gasteiger partial charge < -0.3 is 10.4 Å². The number of rotatable bonds is 4. The van der Waals surface area contributed by atoms with E-state index < -0.39 is 29.1 Å². The van der Waals surface area contributed by atoms with Gasteiger partial charge in [-0.2, -0.15) is 0 Å². The molecule has 0 saturated heterocycles. The Hall–Kier alpha value is -2.02. The van der Waals surface area contributed by atoms with E-state index in [4.69, 9.17) is 5.11 Å². The number of anilines is 1. The van der Waals surface area contributed by atoms with E-state index in [-0.39, 0.29) is 12.1 Å². The van der Waals surface area contributed by atoms with Gasteiger partial charge in [-0.15, -0.1) is 11.3 Å². The van der Waals surface area contributed by atoms with E-state index in [9.17, 15) is 18.0 Å². The van der Waals surface area contributed by atoms with E-state index in [2.05, 4.69) is 5.32 Å². The van der Waals surface area contributed by atoms with Crippen molar-refractivity contribution in [1.82, 2.24) is 0 Å². The standard InChI is InChI=1S/C12H8F3NO2S/c13-7-2-9(14)11(10(15)3-7)16-4-8-1-6(5-19-8)12(17)18/h1-3,5,16H,4H2,(H,17,18). The number of hydrogen-bond donors (Lipinski definition) is 2. The Balaban J connectivity index is 2.12. The second-order valence-corrected chi connectivity index (χ2v) is 4.70. The van der Waals surface area contributed by atoms with Gasteiger partial charge in [0, 0.05) is 28.9 Å². The molecular weight excluding hydrogens is 279 g/mol. The van der Waals surface area contributed by atoms with Crippen LogP contribution in [-0.2, 0) is 6.54 Å². The molecule has 3 nitrogen and oxygen atoms in total. The van der Waals surface area contributed by atoms with Crippen molar-refractivity contribution in [1.29, 1.82) is 0 Å². The van der Waals surface area contributed by atoms with E-state index in [1.807, 2.05) is 0 Å². The average molecular weight is 287 g/mol. The molecule has 0 aliphatic rings. The minimum Gasteiger partial charge on any atom is -0.478 e. The van der Waals surface area contributed by atoms with Gasteiger partial charge in [-0.25, -0.2) is 18.0 Å². The zero-order chi connectivity index (χ0) is 14.0. The molecule has 1 aromatic carbocycles. The number of halogens is 3. The highest BCUT2D eigenvalue weighted by Gasteiger charge is 2.12. The summed E-state index contributed by atoms with van der Waals surface area (Å²) in [7, 11) is 0. The first-order valence-electron chi connectivity index (χ1n) is 5.16. The smallest absolute Gasteiger partial charge is 0.336 e. The molecule has 1 aromatic heterocycles. The summed E-state index contributed by atoms with van der Waals surface area (Å²) in [4.78, 5) is 11.3. The number of nitrogens with one attached hydrogen (secondary N) is 1. The quantitative estimate of drug-likeness (QED) is 0.905. The van der Waals surface area contributed by atoms with E-state index in [0.29, 0.717) is 17.0 Å². The van der Waals surface area contributed by atoms with Crippen LogP contribution in [0.3, 0.4) is 0 Å². The van der Waals surface area contributed by atoms with Gasteiger partial charge in [0.05, 0.1) is 5.56 Å². The normalized spacial score (nSPS) is 10.5. The van der Waals surface area contributed by atoms with E-state index in [1.54, 1.807) is 0 Å². The van der Waals surface area contributed by atoms with Gasteiger partial charge in [-0.3, -0.25) is 0 Å². The van der Waals surface area contributed by atoms with Crippen molar-refractivity contribution < 1.29 is 23.1 Å². The summed E-state index contributed by atoms with van der Waals surface area (Å²) in [6.07, 6.45) is 0. The first-order chi connectivity index (χ1) is 8.97. The second-order valence-electron chi connectivity index (χ2n) is 3.70. The summed E-state index contributed by atoms with van der Waals surface area (Å²) in [5.74, 6) is -4.13. The lowest BCUT2D eigenvalue weighted by Crippen LogP contribution is -2.03. The third-order valence-electron chi connectivity index (χ3n) is 2.35. The number of carboxylic acid groups (broad SMARTS) is 1. The Morgan fingerprint density at radius 3 is 2.37 bits per heavy atom. The van der Waals surface area contributed by atoms with Crippen LogP contribution in [0.5, 0.6) is 0 Å². The third-order valence-corrected chi connectivity index (χ3v) is 3.28. The number of thiophene rings is 1. The van der Waals surface area contributed by atoms with Crippen molar-refractivity contribution in [3.8, 4) is 0 Å². The van der Waals surface area contributed by atoms with Crippen LogP contribution in [-0.4, -0.2) is 11.1 Å². The SMILES string of the molecule is O=C(O)c1csc(CNc2c(F)cc(F)cc2F)c1. The molecule has 0 spiro atoms. The fourth-order valence-corrected chi connectivity index (χ4v) is 2.27. The molecule has 2 rings (SSSR count). The minimum atomic E-state index is -1.07. The molecule has 0 aliphatic heterocycles. The molecule has 0 radical (unpaired) electrons. The number of carbonyl (C=O) groups is 1. The molecule has 0 fully saturated rings. The summed E-state index contributed by atoms with van der Waals surface area (Å²) in [6, 6.07) is 2.55. The number of benzene rings is 1. The van der Waals surface area contributed by atoms with Crippen molar-refractivity contribution in [3.63, 3.8) is 0 Å². The molecule has 1 heterocycles. The summed E-state index contributed by atoms with van der Waals surface area (Å²) >= 11 is 1.15. The molecule has 0 atom stereocenters. The highest BCUT2D eigenvalue weighted by atomic mass is 32.1. The van der Waals surface area contributed by atoms with Crippen molar-refractivity contribution in [2.75, 3.05) is 5.32 Å². The molecule has 2 aromatic rings. The van der Waals surface area contributed by atoms with Crippen molar-refractivity contribution in [2.24, 2.45) is 0 Å². The Labute approximate surface area is 110 Å². The van der Waals surface area contributed by atoms with Crippen LogP contribution in [0.4, 0.5) is 18.9 Å². The van der Waals surface area contributed by atoms with Crippen LogP contribution < -0.4 is 5.32 Å². The highest BCUT2D eigenvalue weighted by molar-refractivity contribution is 7.10. The van der Waals surface area contributed by atoms with Crippen LogP contribution in [0, 0.1) is 17.5 Å². The number of aromatic carboxylic acids is 1. The van der Waals surface area contributed by atoms with Crippen molar-refractivity contribution >= 4 is 23.0 Å². The lowest BCUT2D eigenvalue weighted by Gasteiger charge is -2.07. The Kier molecular flexibility index (Phi) is 3.75. The van der Waals surface area contributed by atoms with E-state index in [0.717, 1.165) is 11.3 Å². The topological polar surface area (TPSA) is 49.3 Å². The van der Waals surface area contributed by atoms with Crippen LogP contribution in [0.15, 0.2) is 23.6 Å². The Morgan fingerprint density at radius 1 is 1.21 bits per heavy atom. The summed E-state index contributed by atoms with van der Waals surface area (Å²) in [5, 5.41) is 12.6. The van der Waals surface area contributed by atoms with E-state index in [1.165, 1.54) is 11.4 Å². The lowest BCUT2D eigenvalue weighted by atomic mass is 10.2. The molecule has 2 N–H and O–H groups in total. The van der Waals surface area contributed by atoms with Crippen LogP contribution >= 0.6 is 11.3 Å². The first-order valence-corrected chi connectivity index (χ1v) is 6.04. The summed E-state index contributed by atoms with van der Waals surface area (Å²) in [6.45, 7) is 0.0530. The molecule has 0 bridgehead atoms. The molecule has 0 saturated carbocycles. The average Bonchev–Trinajstić information content (AvgIpc) is 2.76. The zero-order valence-corrected chi connectivity index (χ0v) is 10.2. The third kappa shape index (κ3) is 3.05. The van der Waals surface area contributed by atoms with Crippen LogP contribution in [0.25, 0.3) is 0 Å². The first kappa shape index (κ1) is 13.4. The molecule has 7 heteroatoms. The summed E-state index contributed by atoms with van der Waals surface area (Å²) in [5.41, 5.74) is -0.325. The van der Waals surface area contributed by atoms with Gasteiger partial charge in [0.25, 0.3) is 0 Å². The van der Waals surface area contributed by atoms with Gasteiger partial charge in [0.15, 0.2) is 11.6 Å². The highest BCUT2D eigenvalue weighted by Crippen LogP contribution is 2.22.